The van der Waals surface area contributed by atoms with Crippen LogP contribution in [-0.4, -0.2) is 29.3 Å². The lowest BCUT2D eigenvalue weighted by Gasteiger charge is -2.32. The van der Waals surface area contributed by atoms with E-state index in [1.165, 1.54) is 41.3 Å². The minimum Gasteiger partial charge on any atom is -0.335 e. The lowest BCUT2D eigenvalue weighted by atomic mass is 10.1. The van der Waals surface area contributed by atoms with E-state index in [0.717, 1.165) is 12.8 Å². The number of anilines is 1. The molecule has 134 valence electrons. The van der Waals surface area contributed by atoms with Crippen LogP contribution in [0.3, 0.4) is 0 Å². The monoisotopic (exact) mass is 356 g/mol. The maximum Gasteiger partial charge on any atom is 0.258 e. The average molecular weight is 356 g/mol. The SMILES string of the molecule is O=C(c1ccc(F)cc1)N1CCC(=O)N(C2CC2)Cc2cc(F)ccc21. The Balaban J connectivity index is 1.72. The summed E-state index contributed by atoms with van der Waals surface area (Å²) in [5, 5.41) is 0. The van der Waals surface area contributed by atoms with E-state index in [2.05, 4.69) is 0 Å². The third kappa shape index (κ3) is 3.19. The molecule has 1 saturated carbocycles. The number of amides is 2. The van der Waals surface area contributed by atoms with Crippen molar-refractivity contribution < 1.29 is 18.4 Å². The maximum atomic E-state index is 13.8. The van der Waals surface area contributed by atoms with E-state index in [1.807, 2.05) is 0 Å². The van der Waals surface area contributed by atoms with Crippen LogP contribution in [0, 0.1) is 11.6 Å². The minimum absolute atomic E-state index is 0.0284. The molecule has 0 radical (unpaired) electrons. The van der Waals surface area contributed by atoms with E-state index >= 15 is 0 Å². The fourth-order valence-electron chi connectivity index (χ4n) is 3.37. The van der Waals surface area contributed by atoms with Crippen molar-refractivity contribution >= 4 is 17.5 Å². The van der Waals surface area contributed by atoms with Crippen molar-refractivity contribution in [3.8, 4) is 0 Å². The van der Waals surface area contributed by atoms with Crippen LogP contribution in [-0.2, 0) is 11.3 Å². The average Bonchev–Trinajstić information content (AvgIpc) is 3.45. The molecule has 0 N–H and O–H groups in total. The molecule has 2 amide bonds. The number of carbonyl (C=O) groups excluding carboxylic acids is 2. The second kappa shape index (κ2) is 6.52. The highest BCUT2D eigenvalue weighted by Gasteiger charge is 2.35. The molecule has 2 aromatic rings. The zero-order chi connectivity index (χ0) is 18.3. The third-order valence-corrected chi connectivity index (χ3v) is 4.87. The van der Waals surface area contributed by atoms with E-state index in [9.17, 15) is 18.4 Å². The summed E-state index contributed by atoms with van der Waals surface area (Å²) in [5.74, 6) is -1.18. The van der Waals surface area contributed by atoms with Crippen molar-refractivity contribution in [3.05, 3.63) is 65.2 Å². The highest BCUT2D eigenvalue weighted by molar-refractivity contribution is 6.07. The zero-order valence-electron chi connectivity index (χ0n) is 14.1. The number of benzene rings is 2. The molecule has 1 aliphatic carbocycles. The molecular weight excluding hydrogens is 338 g/mol. The Labute approximate surface area is 150 Å². The Bertz CT molecular complexity index is 863. The first-order valence-corrected chi connectivity index (χ1v) is 8.68. The minimum atomic E-state index is -0.424. The maximum absolute atomic E-state index is 13.8. The number of fused-ring (bicyclic) bond motifs is 1. The van der Waals surface area contributed by atoms with Crippen molar-refractivity contribution in [3.63, 3.8) is 0 Å². The smallest absolute Gasteiger partial charge is 0.258 e. The fraction of sp³-hybridized carbons (Fsp3) is 0.300. The first kappa shape index (κ1) is 16.7. The largest absolute Gasteiger partial charge is 0.335 e. The van der Waals surface area contributed by atoms with Gasteiger partial charge in [-0.25, -0.2) is 8.78 Å². The highest BCUT2D eigenvalue weighted by atomic mass is 19.1. The van der Waals surface area contributed by atoms with Crippen LogP contribution < -0.4 is 4.90 Å². The van der Waals surface area contributed by atoms with E-state index in [-0.39, 0.29) is 30.8 Å². The zero-order valence-corrected chi connectivity index (χ0v) is 14.1. The van der Waals surface area contributed by atoms with Crippen LogP contribution in [0.1, 0.15) is 35.2 Å². The summed E-state index contributed by atoms with van der Waals surface area (Å²) in [5.41, 5.74) is 1.54. The van der Waals surface area contributed by atoms with Crippen LogP contribution in [0.2, 0.25) is 0 Å². The topological polar surface area (TPSA) is 40.6 Å². The van der Waals surface area contributed by atoms with Crippen molar-refractivity contribution in [2.45, 2.75) is 31.8 Å². The molecule has 2 aliphatic rings. The fourth-order valence-corrected chi connectivity index (χ4v) is 3.37. The lowest BCUT2D eigenvalue weighted by molar-refractivity contribution is -0.132. The summed E-state index contributed by atoms with van der Waals surface area (Å²) in [6.45, 7) is 0.501. The summed E-state index contributed by atoms with van der Waals surface area (Å²) < 4.78 is 27.0. The van der Waals surface area contributed by atoms with Gasteiger partial charge in [0, 0.05) is 36.8 Å². The predicted octanol–water partition coefficient (Wildman–Crippen LogP) is 3.51. The second-order valence-corrected chi connectivity index (χ2v) is 6.74. The molecule has 0 spiro atoms. The Hall–Kier alpha value is -2.76. The summed E-state index contributed by atoms with van der Waals surface area (Å²) in [4.78, 5) is 28.8. The van der Waals surface area contributed by atoms with Crippen molar-refractivity contribution in [2.75, 3.05) is 11.4 Å². The number of hydrogen-bond donors (Lipinski definition) is 0. The number of carbonyl (C=O) groups is 2. The number of nitrogens with zero attached hydrogens (tertiary/aromatic N) is 2. The van der Waals surface area contributed by atoms with E-state index in [1.54, 1.807) is 11.0 Å². The summed E-state index contributed by atoms with van der Waals surface area (Å²) in [6, 6.07) is 9.77. The molecule has 0 aromatic heterocycles. The molecular formula is C20H18F2N2O2. The lowest BCUT2D eigenvalue weighted by Crippen LogP contribution is -2.41. The van der Waals surface area contributed by atoms with E-state index in [0.29, 0.717) is 23.4 Å². The molecule has 0 saturated heterocycles. The van der Waals surface area contributed by atoms with Crippen LogP contribution in [0.15, 0.2) is 42.5 Å². The summed E-state index contributed by atoms with van der Waals surface area (Å²) in [7, 11) is 0. The molecule has 0 atom stereocenters. The van der Waals surface area contributed by atoms with Crippen LogP contribution in [0.25, 0.3) is 0 Å². The second-order valence-electron chi connectivity index (χ2n) is 6.74. The van der Waals surface area contributed by atoms with Gasteiger partial charge in [-0.15, -0.1) is 0 Å². The number of rotatable bonds is 2. The number of halogens is 2. The predicted molar refractivity (Wildman–Crippen MR) is 92.7 cm³/mol. The molecule has 4 nitrogen and oxygen atoms in total. The van der Waals surface area contributed by atoms with Gasteiger partial charge in [-0.2, -0.15) is 0 Å². The normalized spacial score (nSPS) is 17.5. The molecule has 1 aliphatic heterocycles. The molecule has 1 heterocycles. The third-order valence-electron chi connectivity index (χ3n) is 4.87. The highest BCUT2D eigenvalue weighted by Crippen LogP contribution is 2.33. The molecule has 26 heavy (non-hydrogen) atoms. The Morgan fingerprint density at radius 1 is 1.00 bits per heavy atom. The van der Waals surface area contributed by atoms with Crippen molar-refractivity contribution in [1.29, 1.82) is 0 Å². The van der Waals surface area contributed by atoms with Crippen LogP contribution in [0.4, 0.5) is 14.5 Å². The standard InChI is InChI=1S/C20H18F2N2O2/c21-15-3-1-13(2-4-15)20(26)23-10-9-19(25)24(17-6-7-17)12-14-11-16(22)5-8-18(14)23/h1-5,8,11,17H,6-7,9-10,12H2. The summed E-state index contributed by atoms with van der Waals surface area (Å²) in [6.07, 6.45) is 2.14. The van der Waals surface area contributed by atoms with Gasteiger partial charge < -0.3 is 9.80 Å². The van der Waals surface area contributed by atoms with Crippen LogP contribution >= 0.6 is 0 Å². The van der Waals surface area contributed by atoms with Gasteiger partial charge in [0.15, 0.2) is 0 Å². The quantitative estimate of drug-likeness (QED) is 0.826. The van der Waals surface area contributed by atoms with E-state index < -0.39 is 11.6 Å². The van der Waals surface area contributed by atoms with Crippen LogP contribution in [0.5, 0.6) is 0 Å². The molecule has 2 aromatic carbocycles. The Morgan fingerprint density at radius 3 is 2.38 bits per heavy atom. The number of hydrogen-bond acceptors (Lipinski definition) is 2. The van der Waals surface area contributed by atoms with Crippen molar-refractivity contribution in [1.82, 2.24) is 4.90 Å². The molecule has 0 unspecified atom stereocenters. The molecule has 0 bridgehead atoms. The van der Waals surface area contributed by atoms with Gasteiger partial charge in [0.2, 0.25) is 5.91 Å². The van der Waals surface area contributed by atoms with Gasteiger partial charge in [-0.3, -0.25) is 9.59 Å². The van der Waals surface area contributed by atoms with Gasteiger partial charge in [-0.05, 0) is 60.9 Å². The van der Waals surface area contributed by atoms with Crippen molar-refractivity contribution in [2.24, 2.45) is 0 Å². The van der Waals surface area contributed by atoms with E-state index in [4.69, 9.17) is 0 Å². The molecule has 6 heteroatoms. The Kier molecular flexibility index (Phi) is 4.18. The molecule has 4 rings (SSSR count). The van der Waals surface area contributed by atoms with Gasteiger partial charge in [0.05, 0.1) is 0 Å². The first-order valence-electron chi connectivity index (χ1n) is 8.68. The van der Waals surface area contributed by atoms with Gasteiger partial charge in [0.1, 0.15) is 11.6 Å². The summed E-state index contributed by atoms with van der Waals surface area (Å²) >= 11 is 0. The van der Waals surface area contributed by atoms with Gasteiger partial charge >= 0.3 is 0 Å². The first-order chi connectivity index (χ1) is 12.5. The van der Waals surface area contributed by atoms with Gasteiger partial charge in [0.25, 0.3) is 5.91 Å². The molecule has 1 fully saturated rings. The Morgan fingerprint density at radius 2 is 1.69 bits per heavy atom. The van der Waals surface area contributed by atoms with Gasteiger partial charge in [-0.1, -0.05) is 0 Å².